The van der Waals surface area contributed by atoms with Gasteiger partial charge in [0, 0.05) is 12.3 Å². The first-order valence-corrected chi connectivity index (χ1v) is 3.17. The maximum Gasteiger partial charge on any atom is 0.418 e. The van der Waals surface area contributed by atoms with Gasteiger partial charge in [0.05, 0.1) is 10.6 Å². The van der Waals surface area contributed by atoms with E-state index in [4.69, 9.17) is 11.6 Å². The van der Waals surface area contributed by atoms with E-state index in [9.17, 15) is 17.6 Å². The predicted molar refractivity (Wildman–Crippen MR) is 34.2 cm³/mol. The Morgan fingerprint density at radius 2 is 1.92 bits per heavy atom. The summed E-state index contributed by atoms with van der Waals surface area (Å²) in [5.74, 6) is -1.20. The van der Waals surface area contributed by atoms with Gasteiger partial charge in [-0.2, -0.15) is 17.6 Å². The second-order valence-corrected chi connectivity index (χ2v) is 2.39. The first-order valence-electron chi connectivity index (χ1n) is 2.79. The van der Waals surface area contributed by atoms with E-state index in [1.807, 2.05) is 0 Å². The molecule has 0 amide bonds. The Morgan fingerprint density at radius 3 is 2.33 bits per heavy atom. The lowest BCUT2D eigenvalue weighted by molar-refractivity contribution is -0.137. The molecule has 0 spiro atoms. The van der Waals surface area contributed by atoms with Crippen molar-refractivity contribution in [2.45, 2.75) is 6.18 Å². The number of pyridine rings is 1. The van der Waals surface area contributed by atoms with Gasteiger partial charge in [-0.15, -0.1) is 0 Å². The lowest BCUT2D eigenvalue weighted by atomic mass is 10.2. The molecule has 0 radical (unpaired) electrons. The first-order chi connectivity index (χ1) is 5.41. The average Bonchev–Trinajstić information content (AvgIpc) is 1.92. The van der Waals surface area contributed by atoms with Crippen LogP contribution in [0.15, 0.2) is 12.3 Å². The Balaban J connectivity index is 3.23. The summed E-state index contributed by atoms with van der Waals surface area (Å²) in [4.78, 5) is 2.95. The van der Waals surface area contributed by atoms with Crippen LogP contribution in [-0.2, 0) is 6.18 Å². The van der Waals surface area contributed by atoms with E-state index in [2.05, 4.69) is 4.98 Å². The highest BCUT2D eigenvalue weighted by molar-refractivity contribution is 6.31. The standard InChI is InChI=1S/C6H2ClF4N/c7-4-2-12-5(8)1-3(4)6(9,10)11/h1-2H. The molecule has 66 valence electrons. The highest BCUT2D eigenvalue weighted by Gasteiger charge is 2.33. The SMILES string of the molecule is Fc1cc(C(F)(F)F)c(Cl)cn1. The molecule has 0 atom stereocenters. The molecule has 1 heterocycles. The summed E-state index contributed by atoms with van der Waals surface area (Å²) in [6.45, 7) is 0. The monoisotopic (exact) mass is 199 g/mol. The van der Waals surface area contributed by atoms with Crippen molar-refractivity contribution in [3.8, 4) is 0 Å². The molecule has 0 fully saturated rings. The molecule has 0 aliphatic rings. The summed E-state index contributed by atoms with van der Waals surface area (Å²) in [5, 5.41) is -0.608. The number of halogens is 5. The molecule has 1 aromatic heterocycles. The van der Waals surface area contributed by atoms with E-state index >= 15 is 0 Å². The van der Waals surface area contributed by atoms with Crippen LogP contribution in [0.2, 0.25) is 5.02 Å². The van der Waals surface area contributed by atoms with Crippen LogP contribution in [0.25, 0.3) is 0 Å². The van der Waals surface area contributed by atoms with E-state index in [1.54, 1.807) is 0 Å². The lowest BCUT2D eigenvalue weighted by Gasteiger charge is -2.07. The van der Waals surface area contributed by atoms with E-state index in [1.165, 1.54) is 0 Å². The number of nitrogens with zero attached hydrogens (tertiary/aromatic N) is 1. The minimum atomic E-state index is -4.64. The lowest BCUT2D eigenvalue weighted by Crippen LogP contribution is -2.06. The average molecular weight is 200 g/mol. The molecule has 1 nitrogen and oxygen atoms in total. The molecular formula is C6H2ClF4N. The number of hydrogen-bond donors (Lipinski definition) is 0. The summed E-state index contributed by atoms with van der Waals surface area (Å²) in [6.07, 6.45) is -4.01. The third-order valence-electron chi connectivity index (χ3n) is 1.13. The summed E-state index contributed by atoms with van der Waals surface area (Å²) in [6, 6.07) is 0.252. The van der Waals surface area contributed by atoms with Crippen molar-refractivity contribution in [2.75, 3.05) is 0 Å². The van der Waals surface area contributed by atoms with Gasteiger partial charge in [0.15, 0.2) is 0 Å². The molecule has 0 aromatic carbocycles. The van der Waals surface area contributed by atoms with Crippen molar-refractivity contribution >= 4 is 11.6 Å². The largest absolute Gasteiger partial charge is 0.418 e. The summed E-state index contributed by atoms with van der Waals surface area (Å²) in [5.41, 5.74) is -1.21. The van der Waals surface area contributed by atoms with Gasteiger partial charge in [0.25, 0.3) is 0 Å². The third kappa shape index (κ3) is 1.85. The molecule has 0 saturated heterocycles. The van der Waals surface area contributed by atoms with Gasteiger partial charge < -0.3 is 0 Å². The fourth-order valence-electron chi connectivity index (χ4n) is 0.630. The van der Waals surface area contributed by atoms with Crippen LogP contribution < -0.4 is 0 Å². The van der Waals surface area contributed by atoms with Crippen molar-refractivity contribution in [3.05, 3.63) is 28.8 Å². The Hall–Kier alpha value is -0.840. The number of rotatable bonds is 0. The highest BCUT2D eigenvalue weighted by atomic mass is 35.5. The minimum Gasteiger partial charge on any atom is -0.227 e. The molecule has 1 aromatic rings. The zero-order chi connectivity index (χ0) is 9.35. The molecule has 0 aliphatic carbocycles. The van der Waals surface area contributed by atoms with Crippen molar-refractivity contribution in [1.82, 2.24) is 4.98 Å². The Morgan fingerprint density at radius 1 is 1.33 bits per heavy atom. The molecule has 0 aliphatic heterocycles. The molecule has 6 heteroatoms. The Kier molecular flexibility index (Phi) is 2.23. The smallest absolute Gasteiger partial charge is 0.227 e. The quantitative estimate of drug-likeness (QED) is 0.463. The molecule has 0 N–H and O–H groups in total. The number of aromatic nitrogens is 1. The topological polar surface area (TPSA) is 12.9 Å². The molecule has 0 bridgehead atoms. The highest BCUT2D eigenvalue weighted by Crippen LogP contribution is 2.34. The number of hydrogen-bond acceptors (Lipinski definition) is 1. The van der Waals surface area contributed by atoms with Gasteiger partial charge in [-0.25, -0.2) is 4.98 Å². The van der Waals surface area contributed by atoms with Gasteiger partial charge in [-0.1, -0.05) is 11.6 Å². The van der Waals surface area contributed by atoms with Crippen LogP contribution in [-0.4, -0.2) is 4.98 Å². The van der Waals surface area contributed by atoms with Crippen LogP contribution in [0, 0.1) is 5.95 Å². The first kappa shape index (κ1) is 9.25. The van der Waals surface area contributed by atoms with Crippen LogP contribution >= 0.6 is 11.6 Å². The molecular weight excluding hydrogens is 198 g/mol. The zero-order valence-electron chi connectivity index (χ0n) is 5.49. The molecule has 1 rings (SSSR count). The summed E-state index contributed by atoms with van der Waals surface area (Å²) < 4.78 is 48.1. The van der Waals surface area contributed by atoms with E-state index in [0.717, 1.165) is 0 Å². The van der Waals surface area contributed by atoms with E-state index in [-0.39, 0.29) is 6.07 Å². The van der Waals surface area contributed by atoms with Crippen LogP contribution in [0.4, 0.5) is 17.6 Å². The normalized spacial score (nSPS) is 11.8. The fraction of sp³-hybridized carbons (Fsp3) is 0.167. The Bertz CT molecular complexity index is 296. The summed E-state index contributed by atoms with van der Waals surface area (Å²) >= 11 is 5.13. The Labute approximate surface area is 70.0 Å². The van der Waals surface area contributed by atoms with Crippen LogP contribution in [0.3, 0.4) is 0 Å². The number of alkyl halides is 3. The summed E-state index contributed by atoms with van der Waals surface area (Å²) in [7, 11) is 0. The predicted octanol–water partition coefficient (Wildman–Crippen LogP) is 2.89. The maximum atomic E-state index is 12.2. The van der Waals surface area contributed by atoms with Gasteiger partial charge in [0.1, 0.15) is 0 Å². The zero-order valence-corrected chi connectivity index (χ0v) is 6.25. The van der Waals surface area contributed by atoms with Gasteiger partial charge in [-0.05, 0) is 0 Å². The van der Waals surface area contributed by atoms with E-state index in [0.29, 0.717) is 6.20 Å². The molecule has 0 saturated carbocycles. The minimum absolute atomic E-state index is 0.252. The van der Waals surface area contributed by atoms with Gasteiger partial charge in [0.2, 0.25) is 5.95 Å². The fourth-order valence-corrected chi connectivity index (χ4v) is 0.841. The van der Waals surface area contributed by atoms with Crippen molar-refractivity contribution in [3.63, 3.8) is 0 Å². The van der Waals surface area contributed by atoms with E-state index < -0.39 is 22.7 Å². The van der Waals surface area contributed by atoms with Gasteiger partial charge in [-0.3, -0.25) is 0 Å². The second-order valence-electron chi connectivity index (χ2n) is 1.98. The van der Waals surface area contributed by atoms with Crippen molar-refractivity contribution < 1.29 is 17.6 Å². The van der Waals surface area contributed by atoms with Crippen LogP contribution in [0.5, 0.6) is 0 Å². The molecule has 0 unspecified atom stereocenters. The van der Waals surface area contributed by atoms with Crippen molar-refractivity contribution in [1.29, 1.82) is 0 Å². The van der Waals surface area contributed by atoms with Crippen molar-refractivity contribution in [2.24, 2.45) is 0 Å². The van der Waals surface area contributed by atoms with Crippen LogP contribution in [0.1, 0.15) is 5.56 Å². The van der Waals surface area contributed by atoms with Gasteiger partial charge >= 0.3 is 6.18 Å². The molecule has 12 heavy (non-hydrogen) atoms. The maximum absolute atomic E-state index is 12.2. The second kappa shape index (κ2) is 2.90. The third-order valence-corrected chi connectivity index (χ3v) is 1.43.